The Labute approximate surface area is 212 Å². The van der Waals surface area contributed by atoms with Crippen LogP contribution >= 0.6 is 11.6 Å². The lowest BCUT2D eigenvalue weighted by Crippen LogP contribution is -2.43. The van der Waals surface area contributed by atoms with Crippen molar-refractivity contribution in [2.24, 2.45) is 0 Å². The zero-order valence-corrected chi connectivity index (χ0v) is 20.1. The largest absolute Gasteiger partial charge is 0.482 e. The lowest BCUT2D eigenvalue weighted by atomic mass is 9.87. The highest BCUT2D eigenvalue weighted by Crippen LogP contribution is 2.40. The quantitative estimate of drug-likeness (QED) is 0.425. The number of aliphatic hydroxyl groups is 1. The average Bonchev–Trinajstić information content (AvgIpc) is 2.89. The molecule has 0 fully saturated rings. The molecule has 9 nitrogen and oxygen atoms in total. The highest BCUT2D eigenvalue weighted by atomic mass is 35.5. The predicted molar refractivity (Wildman–Crippen MR) is 131 cm³/mol. The Morgan fingerprint density at radius 2 is 1.81 bits per heavy atom. The third-order valence-corrected chi connectivity index (χ3v) is 5.87. The van der Waals surface area contributed by atoms with Crippen molar-refractivity contribution in [1.29, 1.82) is 0 Å². The fraction of sp³-hybridized carbons (Fsp3) is 0.269. The monoisotopic (exact) mass is 512 g/mol. The van der Waals surface area contributed by atoms with Gasteiger partial charge < -0.3 is 29.3 Å². The molecule has 2 heterocycles. The number of hydrogen-bond acceptors (Lipinski definition) is 7. The molecular weight excluding hydrogens is 488 g/mol. The van der Waals surface area contributed by atoms with Crippen molar-refractivity contribution in [3.8, 4) is 17.4 Å². The maximum atomic E-state index is 13.5. The second-order valence-electron chi connectivity index (χ2n) is 7.97. The van der Waals surface area contributed by atoms with E-state index in [0.29, 0.717) is 29.3 Å². The fourth-order valence-electron chi connectivity index (χ4n) is 4.13. The van der Waals surface area contributed by atoms with Crippen molar-refractivity contribution >= 4 is 23.5 Å². The highest BCUT2D eigenvalue weighted by molar-refractivity contribution is 6.30. The molecule has 0 radical (unpaired) electrons. The number of pyridine rings is 1. The number of rotatable bonds is 10. The minimum absolute atomic E-state index is 0.0419. The number of amides is 1. The van der Waals surface area contributed by atoms with Gasteiger partial charge in [-0.25, -0.2) is 9.78 Å². The van der Waals surface area contributed by atoms with E-state index in [0.717, 1.165) is 11.1 Å². The van der Waals surface area contributed by atoms with Gasteiger partial charge in [-0.15, -0.1) is 0 Å². The van der Waals surface area contributed by atoms with Crippen molar-refractivity contribution in [3.63, 3.8) is 0 Å². The Kier molecular flexibility index (Phi) is 8.24. The summed E-state index contributed by atoms with van der Waals surface area (Å²) in [4.78, 5) is 30.4. The van der Waals surface area contributed by atoms with Crippen LogP contribution in [0, 0.1) is 0 Å². The van der Waals surface area contributed by atoms with E-state index in [9.17, 15) is 9.59 Å². The number of fused-ring (bicyclic) bond motifs is 1. The summed E-state index contributed by atoms with van der Waals surface area (Å²) in [5.74, 6) is -0.623. The summed E-state index contributed by atoms with van der Waals surface area (Å²) in [6.07, 6.45) is 2.17. The van der Waals surface area contributed by atoms with Gasteiger partial charge in [-0.05, 0) is 47.9 Å². The van der Waals surface area contributed by atoms with Gasteiger partial charge in [-0.3, -0.25) is 4.79 Å². The number of carbonyl (C=O) groups excluding carboxylic acids is 1. The number of aromatic nitrogens is 1. The van der Waals surface area contributed by atoms with Crippen LogP contribution < -0.4 is 14.2 Å². The molecule has 4 rings (SSSR count). The van der Waals surface area contributed by atoms with Crippen molar-refractivity contribution in [3.05, 3.63) is 82.5 Å². The number of ether oxygens (including phenoxy) is 3. The Morgan fingerprint density at radius 3 is 2.61 bits per heavy atom. The molecular formula is C26H25ClN2O7. The number of benzene rings is 2. The molecule has 1 atom stereocenters. The number of carbonyl (C=O) groups is 2. The summed E-state index contributed by atoms with van der Waals surface area (Å²) in [6.45, 7) is -0.547. The number of halogens is 1. The van der Waals surface area contributed by atoms with E-state index >= 15 is 0 Å². The summed E-state index contributed by atoms with van der Waals surface area (Å²) in [5.41, 5.74) is 2.55. The normalized spacial score (nSPS) is 14.6. The topological polar surface area (TPSA) is 118 Å². The Balaban J connectivity index is 1.64. The first-order valence-electron chi connectivity index (χ1n) is 11.3. The maximum Gasteiger partial charge on any atom is 0.341 e. The van der Waals surface area contributed by atoms with E-state index in [2.05, 4.69) is 4.98 Å². The molecule has 1 amide bonds. The molecule has 1 aliphatic heterocycles. The highest BCUT2D eigenvalue weighted by Gasteiger charge is 2.34. The summed E-state index contributed by atoms with van der Waals surface area (Å²) in [7, 11) is 0. The predicted octanol–water partition coefficient (Wildman–Crippen LogP) is 3.12. The number of carboxylic acid groups (broad SMARTS) is 1. The van der Waals surface area contributed by atoms with Gasteiger partial charge in [0.05, 0.1) is 12.6 Å². The molecule has 0 aliphatic carbocycles. The summed E-state index contributed by atoms with van der Waals surface area (Å²) >= 11 is 6.31. The van der Waals surface area contributed by atoms with E-state index in [1.807, 2.05) is 24.3 Å². The zero-order valence-electron chi connectivity index (χ0n) is 19.3. The smallest absolute Gasteiger partial charge is 0.341 e. The summed E-state index contributed by atoms with van der Waals surface area (Å²) in [6, 6.07) is 15.4. The Bertz CT molecular complexity index is 1240. The maximum absolute atomic E-state index is 13.5. The van der Waals surface area contributed by atoms with Crippen LogP contribution in [-0.4, -0.2) is 64.9 Å². The summed E-state index contributed by atoms with van der Waals surface area (Å²) in [5, 5.41) is 18.6. The van der Waals surface area contributed by atoms with Crippen molar-refractivity contribution in [2.75, 3.05) is 33.0 Å². The fourth-order valence-corrected chi connectivity index (χ4v) is 4.31. The van der Waals surface area contributed by atoms with Crippen LogP contribution in [0.15, 0.2) is 60.8 Å². The molecule has 2 N–H and O–H groups in total. The Morgan fingerprint density at radius 1 is 1.00 bits per heavy atom. The second-order valence-corrected chi connectivity index (χ2v) is 8.41. The molecule has 2 aromatic carbocycles. The van der Waals surface area contributed by atoms with Crippen LogP contribution in [0.25, 0.3) is 0 Å². The van der Waals surface area contributed by atoms with E-state index in [4.69, 9.17) is 36.0 Å². The first kappa shape index (κ1) is 25.3. The van der Waals surface area contributed by atoms with Gasteiger partial charge in [0, 0.05) is 23.3 Å². The van der Waals surface area contributed by atoms with Gasteiger partial charge in [0.15, 0.2) is 19.0 Å². The zero-order chi connectivity index (χ0) is 25.5. The second kappa shape index (κ2) is 11.7. The van der Waals surface area contributed by atoms with Gasteiger partial charge in [0.25, 0.3) is 11.8 Å². The molecule has 0 spiro atoms. The van der Waals surface area contributed by atoms with Crippen LogP contribution in [0.5, 0.6) is 17.4 Å². The lowest BCUT2D eigenvalue weighted by Gasteiger charge is -2.38. The van der Waals surface area contributed by atoms with Crippen molar-refractivity contribution < 1.29 is 34.0 Å². The number of aliphatic carboxylic acids is 1. The molecule has 10 heteroatoms. The minimum atomic E-state index is -1.11. The van der Waals surface area contributed by atoms with Gasteiger partial charge in [0.1, 0.15) is 12.4 Å². The minimum Gasteiger partial charge on any atom is -0.482 e. The summed E-state index contributed by atoms with van der Waals surface area (Å²) < 4.78 is 16.7. The molecule has 1 unspecified atom stereocenters. The molecule has 1 aromatic heterocycles. The number of carboxylic acids is 1. The van der Waals surface area contributed by atoms with E-state index in [-0.39, 0.29) is 37.4 Å². The first-order chi connectivity index (χ1) is 17.5. The van der Waals surface area contributed by atoms with Gasteiger partial charge >= 0.3 is 5.97 Å². The third-order valence-electron chi connectivity index (χ3n) is 5.64. The number of aliphatic hydroxyl groups excluding tert-OH is 1. The van der Waals surface area contributed by atoms with Gasteiger partial charge in [-0.2, -0.15) is 0 Å². The molecule has 0 saturated heterocycles. The average molecular weight is 513 g/mol. The molecule has 1 aliphatic rings. The number of hydrogen-bond donors (Lipinski definition) is 2. The Hall–Kier alpha value is -3.82. The first-order valence-corrected chi connectivity index (χ1v) is 11.7. The van der Waals surface area contributed by atoms with Crippen LogP contribution in [0.4, 0.5) is 0 Å². The standard InChI is InChI=1S/C26H25ClN2O7/c27-18-7-8-21(36-16-24(32)33)20(14-18)25-19-5-2-1-4-17(19)9-11-29(25)23(31)15-35-22-6-3-10-28-26(22)34-13-12-30/h1-8,10,14,25,30H,9,11-13,15-16H2,(H,32,33). The lowest BCUT2D eigenvalue weighted by molar-refractivity contribution is -0.139. The van der Waals surface area contributed by atoms with E-state index in [1.165, 1.54) is 6.20 Å². The van der Waals surface area contributed by atoms with Crippen LogP contribution in [-0.2, 0) is 16.0 Å². The van der Waals surface area contributed by atoms with Crippen LogP contribution in [0.3, 0.4) is 0 Å². The van der Waals surface area contributed by atoms with E-state index < -0.39 is 18.6 Å². The molecule has 36 heavy (non-hydrogen) atoms. The van der Waals surface area contributed by atoms with Crippen molar-refractivity contribution in [2.45, 2.75) is 12.5 Å². The van der Waals surface area contributed by atoms with Gasteiger partial charge in [0.2, 0.25) is 0 Å². The van der Waals surface area contributed by atoms with Gasteiger partial charge in [-0.1, -0.05) is 35.9 Å². The number of nitrogens with zero attached hydrogens (tertiary/aromatic N) is 2. The van der Waals surface area contributed by atoms with Crippen molar-refractivity contribution in [1.82, 2.24) is 9.88 Å². The molecule has 0 saturated carbocycles. The van der Waals surface area contributed by atoms with E-state index in [1.54, 1.807) is 35.2 Å². The van der Waals surface area contributed by atoms with Crippen LogP contribution in [0.2, 0.25) is 5.02 Å². The molecule has 0 bridgehead atoms. The SMILES string of the molecule is O=C(O)COc1ccc(Cl)cc1C1c2ccccc2CCN1C(=O)COc1cccnc1OCCO. The molecule has 3 aromatic rings. The molecule has 188 valence electrons. The third kappa shape index (κ3) is 5.87. The van der Waals surface area contributed by atoms with Crippen LogP contribution in [0.1, 0.15) is 22.7 Å².